The Kier molecular flexibility index (Phi) is 8.39. The van der Waals surface area contributed by atoms with E-state index in [0.29, 0.717) is 26.2 Å². The number of terminal acetylenes is 1. The van der Waals surface area contributed by atoms with Crippen LogP contribution in [0.1, 0.15) is 56.5 Å². The molecular weight excluding hydrogens is 478 g/mol. The number of carbonyl (C=O) groups is 1. The van der Waals surface area contributed by atoms with Gasteiger partial charge in [-0.2, -0.15) is 5.10 Å². The maximum Gasteiger partial charge on any atom is 0.410 e. The Morgan fingerprint density at radius 3 is 2.42 bits per heavy atom. The van der Waals surface area contributed by atoms with Crippen LogP contribution in [0.2, 0.25) is 0 Å². The first-order valence-corrected chi connectivity index (χ1v) is 13.6. The summed E-state index contributed by atoms with van der Waals surface area (Å²) in [5.41, 5.74) is 2.46. The minimum Gasteiger partial charge on any atom is -0.444 e. The van der Waals surface area contributed by atoms with E-state index >= 15 is 0 Å². The molecule has 1 aromatic carbocycles. The second-order valence-corrected chi connectivity index (χ2v) is 11.6. The number of piperazine rings is 1. The molecule has 4 rings (SSSR count). The number of carbonyl (C=O) groups excluding carboxylic acids is 1. The van der Waals surface area contributed by atoms with Crippen molar-refractivity contribution in [2.75, 3.05) is 51.3 Å². The summed E-state index contributed by atoms with van der Waals surface area (Å²) in [6.45, 7) is 14.9. The van der Waals surface area contributed by atoms with Gasteiger partial charge < -0.3 is 19.3 Å². The molecule has 2 aliphatic heterocycles. The fraction of sp³-hybridized carbons (Fsp3) is 0.600. The highest BCUT2D eigenvalue weighted by Gasteiger charge is 2.43. The average Bonchev–Trinajstić information content (AvgIpc) is 3.18. The number of methoxy groups -OCH3 is 1. The third-order valence-electron chi connectivity index (χ3n) is 7.68. The lowest BCUT2D eigenvalue weighted by molar-refractivity contribution is 0.0184. The van der Waals surface area contributed by atoms with Gasteiger partial charge in [0.1, 0.15) is 11.1 Å². The van der Waals surface area contributed by atoms with Crippen LogP contribution in [0.15, 0.2) is 30.3 Å². The maximum absolute atomic E-state index is 12.5. The maximum atomic E-state index is 12.5. The molecule has 206 valence electrons. The van der Waals surface area contributed by atoms with E-state index in [1.165, 1.54) is 5.56 Å². The zero-order valence-electron chi connectivity index (χ0n) is 23.9. The summed E-state index contributed by atoms with van der Waals surface area (Å²) >= 11 is 0. The van der Waals surface area contributed by atoms with Crippen LogP contribution in [0, 0.1) is 26.2 Å². The van der Waals surface area contributed by atoms with Gasteiger partial charge in [0.2, 0.25) is 0 Å². The van der Waals surface area contributed by atoms with E-state index in [9.17, 15) is 4.79 Å². The SMILES string of the molecule is C#C[C@]1(COC)CN(Cc2ccccc2)CCN1c1nn(C2CCN(C(=O)OC(C)(C)C)CC2)c(C)c1C. The van der Waals surface area contributed by atoms with E-state index < -0.39 is 11.1 Å². The first kappa shape index (κ1) is 28.0. The molecule has 0 radical (unpaired) electrons. The summed E-state index contributed by atoms with van der Waals surface area (Å²) < 4.78 is 13.4. The number of piperidine rings is 1. The molecule has 1 atom stereocenters. The van der Waals surface area contributed by atoms with E-state index in [1.54, 1.807) is 7.11 Å². The monoisotopic (exact) mass is 521 g/mol. The Balaban J connectivity index is 1.52. The van der Waals surface area contributed by atoms with E-state index in [4.69, 9.17) is 21.0 Å². The van der Waals surface area contributed by atoms with Gasteiger partial charge in [0.15, 0.2) is 5.82 Å². The number of rotatable bonds is 6. The lowest BCUT2D eigenvalue weighted by Gasteiger charge is -2.48. The smallest absolute Gasteiger partial charge is 0.410 e. The highest BCUT2D eigenvalue weighted by atomic mass is 16.6. The van der Waals surface area contributed by atoms with Crippen molar-refractivity contribution in [3.63, 3.8) is 0 Å². The first-order valence-electron chi connectivity index (χ1n) is 13.6. The number of nitrogens with zero attached hydrogens (tertiary/aromatic N) is 5. The fourth-order valence-electron chi connectivity index (χ4n) is 5.62. The van der Waals surface area contributed by atoms with Gasteiger partial charge in [-0.3, -0.25) is 9.58 Å². The van der Waals surface area contributed by atoms with Gasteiger partial charge in [0.25, 0.3) is 0 Å². The zero-order chi connectivity index (χ0) is 27.5. The predicted molar refractivity (Wildman–Crippen MR) is 150 cm³/mol. The Morgan fingerprint density at radius 1 is 1.13 bits per heavy atom. The normalized spacial score (nSPS) is 21.4. The molecule has 2 aromatic rings. The highest BCUT2D eigenvalue weighted by molar-refractivity contribution is 5.68. The summed E-state index contributed by atoms with van der Waals surface area (Å²) in [5.74, 6) is 4.04. The van der Waals surface area contributed by atoms with Gasteiger partial charge in [0.05, 0.1) is 12.6 Å². The number of hydrogen-bond acceptors (Lipinski definition) is 6. The lowest BCUT2D eigenvalue weighted by atomic mass is 9.94. The largest absolute Gasteiger partial charge is 0.444 e. The molecule has 0 unspecified atom stereocenters. The van der Waals surface area contributed by atoms with Crippen LogP contribution in [-0.4, -0.2) is 83.3 Å². The summed E-state index contributed by atoms with van der Waals surface area (Å²) in [6, 6.07) is 10.7. The van der Waals surface area contributed by atoms with E-state index in [0.717, 1.165) is 49.6 Å². The second-order valence-electron chi connectivity index (χ2n) is 11.6. The Morgan fingerprint density at radius 2 is 1.82 bits per heavy atom. The number of benzene rings is 1. The van der Waals surface area contributed by atoms with Gasteiger partial charge in [-0.25, -0.2) is 4.79 Å². The number of hydrogen-bond donors (Lipinski definition) is 0. The van der Waals surface area contributed by atoms with Crippen molar-refractivity contribution in [3.8, 4) is 12.3 Å². The van der Waals surface area contributed by atoms with Crippen LogP contribution in [0.5, 0.6) is 0 Å². The molecule has 2 saturated heterocycles. The van der Waals surface area contributed by atoms with E-state index in [-0.39, 0.29) is 12.1 Å². The van der Waals surface area contributed by atoms with Crippen molar-refractivity contribution in [1.29, 1.82) is 0 Å². The van der Waals surface area contributed by atoms with E-state index in [1.807, 2.05) is 31.7 Å². The van der Waals surface area contributed by atoms with Crippen molar-refractivity contribution < 1.29 is 14.3 Å². The highest BCUT2D eigenvalue weighted by Crippen LogP contribution is 2.35. The minimum absolute atomic E-state index is 0.225. The lowest BCUT2D eigenvalue weighted by Crippen LogP contribution is -2.64. The van der Waals surface area contributed by atoms with Gasteiger partial charge >= 0.3 is 6.09 Å². The van der Waals surface area contributed by atoms with Crippen LogP contribution >= 0.6 is 0 Å². The van der Waals surface area contributed by atoms with Gasteiger partial charge in [-0.05, 0) is 53.0 Å². The molecule has 0 saturated carbocycles. The van der Waals surface area contributed by atoms with Crippen LogP contribution in [0.3, 0.4) is 0 Å². The van der Waals surface area contributed by atoms with Gasteiger partial charge in [-0.1, -0.05) is 36.3 Å². The number of likely N-dealkylation sites (tertiary alicyclic amines) is 1. The van der Waals surface area contributed by atoms with Crippen molar-refractivity contribution >= 4 is 11.9 Å². The minimum atomic E-state index is -0.613. The molecular formula is C30H43N5O3. The third kappa shape index (κ3) is 6.00. The van der Waals surface area contributed by atoms with Crippen molar-refractivity contribution in [2.24, 2.45) is 0 Å². The molecule has 1 aromatic heterocycles. The number of aromatic nitrogens is 2. The molecule has 0 aliphatic carbocycles. The quantitative estimate of drug-likeness (QED) is 0.525. The topological polar surface area (TPSA) is 63.1 Å². The van der Waals surface area contributed by atoms with Gasteiger partial charge in [-0.15, -0.1) is 6.42 Å². The molecule has 8 nitrogen and oxygen atoms in total. The molecule has 0 bridgehead atoms. The van der Waals surface area contributed by atoms with Crippen LogP contribution in [0.25, 0.3) is 0 Å². The molecule has 8 heteroatoms. The number of anilines is 1. The molecule has 2 fully saturated rings. The summed E-state index contributed by atoms with van der Waals surface area (Å²) in [4.78, 5) is 19.0. The third-order valence-corrected chi connectivity index (χ3v) is 7.68. The average molecular weight is 522 g/mol. The Hall–Kier alpha value is -3.02. The molecule has 0 N–H and O–H groups in total. The molecule has 3 heterocycles. The second kappa shape index (κ2) is 11.4. The standard InChI is InChI=1S/C30H43N5O3/c1-8-30(22-37-7)21-32(20-25-12-10-9-11-13-25)18-19-34(30)27-23(2)24(3)35(31-27)26-14-16-33(17-15-26)28(36)38-29(4,5)6/h1,9-13,26H,14-22H2,2-7H3/t30-/m1/s1. The molecule has 0 spiro atoms. The molecule has 2 aliphatic rings. The van der Waals surface area contributed by atoms with Crippen LogP contribution in [-0.2, 0) is 16.0 Å². The number of amides is 1. The van der Waals surface area contributed by atoms with Crippen molar-refractivity contribution in [1.82, 2.24) is 19.6 Å². The first-order chi connectivity index (χ1) is 18.1. The van der Waals surface area contributed by atoms with Crippen LogP contribution in [0.4, 0.5) is 10.6 Å². The molecule has 1 amide bonds. The van der Waals surface area contributed by atoms with E-state index in [2.05, 4.69) is 58.5 Å². The van der Waals surface area contributed by atoms with Crippen LogP contribution < -0.4 is 4.90 Å². The Bertz CT molecular complexity index is 1140. The number of ether oxygens (including phenoxy) is 2. The Labute approximate surface area is 227 Å². The van der Waals surface area contributed by atoms with Crippen molar-refractivity contribution in [3.05, 3.63) is 47.2 Å². The summed E-state index contributed by atoms with van der Waals surface area (Å²) in [7, 11) is 1.71. The van der Waals surface area contributed by atoms with Gasteiger partial charge in [0, 0.05) is 57.6 Å². The summed E-state index contributed by atoms with van der Waals surface area (Å²) in [5, 5.41) is 5.16. The molecule has 38 heavy (non-hydrogen) atoms. The zero-order valence-corrected chi connectivity index (χ0v) is 23.9. The van der Waals surface area contributed by atoms with Crippen molar-refractivity contribution in [2.45, 2.75) is 71.2 Å². The predicted octanol–water partition coefficient (Wildman–Crippen LogP) is 4.41. The summed E-state index contributed by atoms with van der Waals surface area (Å²) in [6.07, 6.45) is 7.69. The fourth-order valence-corrected chi connectivity index (χ4v) is 5.62.